The highest BCUT2D eigenvalue weighted by molar-refractivity contribution is 6.00. The Kier molecular flexibility index (Phi) is 10.2. The minimum atomic E-state index is -0.980. The van der Waals surface area contributed by atoms with Crippen LogP contribution in [0.25, 0.3) is 6.08 Å². The number of ether oxygens (including phenoxy) is 1. The Hall–Kier alpha value is -3.65. The monoisotopic (exact) mass is 587 g/mol. The number of piperidine rings is 1. The molecule has 8 nitrogen and oxygen atoms in total. The third-order valence-corrected chi connectivity index (χ3v) is 9.38. The van der Waals surface area contributed by atoms with Gasteiger partial charge in [0.15, 0.2) is 0 Å². The lowest BCUT2D eigenvalue weighted by molar-refractivity contribution is -0.162. The number of rotatable bonds is 11. The van der Waals surface area contributed by atoms with Crippen LogP contribution in [0, 0.1) is 5.92 Å². The van der Waals surface area contributed by atoms with Gasteiger partial charge in [-0.3, -0.25) is 14.5 Å². The molecule has 230 valence electrons. The molecule has 1 unspecified atom stereocenters. The zero-order valence-corrected chi connectivity index (χ0v) is 25.3. The summed E-state index contributed by atoms with van der Waals surface area (Å²) in [6, 6.07) is 14.9. The van der Waals surface area contributed by atoms with Crippen molar-refractivity contribution in [1.29, 1.82) is 0 Å². The van der Waals surface area contributed by atoms with Gasteiger partial charge in [0.25, 0.3) is 0 Å². The SMILES string of the molecule is CCCCN1C(=O)C(CC2CCCCC2)NC(=O)C12CCN(Cc1ccc(Oc3ccc(/C=C/C(=O)O)cc3)cc1)CC2. The number of nitrogens with one attached hydrogen (secondary N) is 1. The minimum Gasteiger partial charge on any atom is -0.478 e. The second kappa shape index (κ2) is 14.2. The number of benzene rings is 2. The summed E-state index contributed by atoms with van der Waals surface area (Å²) in [6.45, 7) is 5.09. The number of likely N-dealkylation sites (tertiary alicyclic amines) is 1. The molecule has 3 fully saturated rings. The van der Waals surface area contributed by atoms with Gasteiger partial charge < -0.3 is 20.1 Å². The van der Waals surface area contributed by atoms with E-state index in [0.717, 1.165) is 61.8 Å². The number of amides is 2. The van der Waals surface area contributed by atoms with E-state index in [1.54, 1.807) is 6.08 Å². The number of unbranched alkanes of at least 4 members (excludes halogenated alkanes) is 1. The van der Waals surface area contributed by atoms with Crippen molar-refractivity contribution < 1.29 is 24.2 Å². The molecule has 1 saturated carbocycles. The van der Waals surface area contributed by atoms with Gasteiger partial charge >= 0.3 is 5.97 Å². The Bertz CT molecular complexity index is 1280. The molecule has 2 aromatic carbocycles. The van der Waals surface area contributed by atoms with Crippen molar-refractivity contribution in [2.45, 2.75) is 89.3 Å². The fourth-order valence-electron chi connectivity index (χ4n) is 6.88. The van der Waals surface area contributed by atoms with Crippen LogP contribution < -0.4 is 10.1 Å². The van der Waals surface area contributed by atoms with Crippen molar-refractivity contribution in [3.05, 3.63) is 65.7 Å². The molecule has 43 heavy (non-hydrogen) atoms. The third-order valence-electron chi connectivity index (χ3n) is 9.38. The average molecular weight is 588 g/mol. The van der Waals surface area contributed by atoms with Crippen molar-refractivity contribution in [1.82, 2.24) is 15.1 Å². The van der Waals surface area contributed by atoms with Gasteiger partial charge in [0.2, 0.25) is 11.8 Å². The van der Waals surface area contributed by atoms with Crippen LogP contribution in [0.1, 0.15) is 82.3 Å². The lowest BCUT2D eigenvalue weighted by Gasteiger charge is -2.52. The fourth-order valence-corrected chi connectivity index (χ4v) is 6.88. The molecule has 0 radical (unpaired) electrons. The maximum atomic E-state index is 13.8. The molecule has 1 atom stereocenters. The standard InChI is InChI=1S/C35H45N3O5/c1-2-3-21-38-33(41)31(24-27-7-5-4-6-8-27)36-34(42)35(38)19-22-37(23-20-35)25-28-11-16-30(17-12-28)43-29-14-9-26(10-15-29)13-18-32(39)40/h9-18,27,31H,2-8,19-25H2,1H3,(H,36,42)(H,39,40)/b18-13+. The van der Waals surface area contributed by atoms with Crippen molar-refractivity contribution in [2.75, 3.05) is 19.6 Å². The van der Waals surface area contributed by atoms with E-state index in [2.05, 4.69) is 29.3 Å². The summed E-state index contributed by atoms with van der Waals surface area (Å²) in [6.07, 6.45) is 12.7. The molecule has 3 aliphatic rings. The zero-order chi connectivity index (χ0) is 30.2. The minimum absolute atomic E-state index is 0.0519. The van der Waals surface area contributed by atoms with Crippen LogP contribution in [0.2, 0.25) is 0 Å². The number of nitrogens with zero attached hydrogens (tertiary/aromatic N) is 2. The molecule has 1 aliphatic carbocycles. The summed E-state index contributed by atoms with van der Waals surface area (Å²) in [5.41, 5.74) is 1.22. The summed E-state index contributed by atoms with van der Waals surface area (Å²) >= 11 is 0. The highest BCUT2D eigenvalue weighted by Gasteiger charge is 2.53. The van der Waals surface area contributed by atoms with E-state index in [1.807, 2.05) is 41.3 Å². The van der Waals surface area contributed by atoms with Crippen molar-refractivity contribution in [3.8, 4) is 11.5 Å². The molecule has 2 saturated heterocycles. The van der Waals surface area contributed by atoms with E-state index in [1.165, 1.54) is 32.1 Å². The number of carboxylic acid groups (broad SMARTS) is 1. The van der Waals surface area contributed by atoms with Gasteiger partial charge in [-0.15, -0.1) is 0 Å². The first kappa shape index (κ1) is 30.8. The zero-order valence-electron chi connectivity index (χ0n) is 25.3. The smallest absolute Gasteiger partial charge is 0.328 e. The quantitative estimate of drug-likeness (QED) is 0.313. The number of aliphatic carboxylic acids is 1. The Balaban J connectivity index is 1.16. The van der Waals surface area contributed by atoms with Crippen LogP contribution in [-0.4, -0.2) is 63.9 Å². The number of piperazine rings is 1. The number of carboxylic acids is 1. The average Bonchev–Trinajstić information content (AvgIpc) is 3.02. The number of hydrogen-bond acceptors (Lipinski definition) is 5. The lowest BCUT2D eigenvalue weighted by atomic mass is 9.79. The van der Waals surface area contributed by atoms with E-state index in [-0.39, 0.29) is 17.9 Å². The van der Waals surface area contributed by atoms with E-state index in [0.29, 0.717) is 31.1 Å². The normalized spacial score (nSPS) is 21.3. The molecule has 2 aromatic rings. The van der Waals surface area contributed by atoms with Crippen LogP contribution in [-0.2, 0) is 20.9 Å². The molecule has 0 bridgehead atoms. The lowest BCUT2D eigenvalue weighted by Crippen LogP contribution is -2.73. The Morgan fingerprint density at radius 3 is 2.28 bits per heavy atom. The summed E-state index contributed by atoms with van der Waals surface area (Å²) in [7, 11) is 0. The van der Waals surface area contributed by atoms with Crippen LogP contribution >= 0.6 is 0 Å². The Labute approximate surface area is 255 Å². The Morgan fingerprint density at radius 1 is 1.00 bits per heavy atom. The predicted octanol–water partition coefficient (Wildman–Crippen LogP) is 6.01. The highest BCUT2D eigenvalue weighted by atomic mass is 16.5. The fraction of sp³-hybridized carbons (Fsp3) is 0.514. The van der Waals surface area contributed by atoms with Gasteiger partial charge in [0, 0.05) is 32.3 Å². The van der Waals surface area contributed by atoms with E-state index < -0.39 is 11.5 Å². The maximum absolute atomic E-state index is 13.8. The first-order chi connectivity index (χ1) is 20.9. The van der Waals surface area contributed by atoms with Crippen LogP contribution in [0.3, 0.4) is 0 Å². The van der Waals surface area contributed by atoms with Gasteiger partial charge in [-0.2, -0.15) is 0 Å². The second-order valence-corrected chi connectivity index (χ2v) is 12.4. The van der Waals surface area contributed by atoms with E-state index in [9.17, 15) is 14.4 Å². The van der Waals surface area contributed by atoms with Gasteiger partial charge in [0.05, 0.1) is 0 Å². The topological polar surface area (TPSA) is 99.2 Å². The number of carbonyl (C=O) groups excluding carboxylic acids is 2. The molecule has 8 heteroatoms. The van der Waals surface area contributed by atoms with Gasteiger partial charge in [-0.1, -0.05) is 69.7 Å². The van der Waals surface area contributed by atoms with Gasteiger partial charge in [0.1, 0.15) is 23.1 Å². The molecular weight excluding hydrogens is 542 g/mol. The predicted molar refractivity (Wildman–Crippen MR) is 167 cm³/mol. The number of hydrogen-bond donors (Lipinski definition) is 2. The molecule has 5 rings (SSSR count). The first-order valence-corrected chi connectivity index (χ1v) is 16.0. The molecule has 2 N–H and O–H groups in total. The van der Waals surface area contributed by atoms with Crippen LogP contribution in [0.4, 0.5) is 0 Å². The first-order valence-electron chi connectivity index (χ1n) is 16.0. The third kappa shape index (κ3) is 7.66. The molecule has 0 aromatic heterocycles. The molecule has 2 heterocycles. The summed E-state index contributed by atoms with van der Waals surface area (Å²) in [5.74, 6) is 1.14. The maximum Gasteiger partial charge on any atom is 0.328 e. The van der Waals surface area contributed by atoms with Gasteiger partial charge in [-0.25, -0.2) is 4.79 Å². The molecular formula is C35H45N3O5. The highest BCUT2D eigenvalue weighted by Crippen LogP contribution is 2.36. The summed E-state index contributed by atoms with van der Waals surface area (Å²) in [5, 5.41) is 12.0. The van der Waals surface area contributed by atoms with Gasteiger partial charge in [-0.05, 0) is 73.1 Å². The largest absolute Gasteiger partial charge is 0.478 e. The van der Waals surface area contributed by atoms with Crippen LogP contribution in [0.5, 0.6) is 11.5 Å². The van der Waals surface area contributed by atoms with Crippen molar-refractivity contribution in [3.63, 3.8) is 0 Å². The van der Waals surface area contributed by atoms with Crippen molar-refractivity contribution >= 4 is 23.9 Å². The van der Waals surface area contributed by atoms with E-state index in [4.69, 9.17) is 9.84 Å². The summed E-state index contributed by atoms with van der Waals surface area (Å²) < 4.78 is 5.97. The molecule has 2 amide bonds. The Morgan fingerprint density at radius 2 is 1.65 bits per heavy atom. The number of carbonyl (C=O) groups is 3. The van der Waals surface area contributed by atoms with Crippen molar-refractivity contribution in [2.24, 2.45) is 5.92 Å². The van der Waals surface area contributed by atoms with E-state index >= 15 is 0 Å². The molecule has 1 spiro atoms. The second-order valence-electron chi connectivity index (χ2n) is 12.4. The van der Waals surface area contributed by atoms with Crippen LogP contribution in [0.15, 0.2) is 54.6 Å². The summed E-state index contributed by atoms with van der Waals surface area (Å²) in [4.78, 5) is 42.5. The molecule has 2 aliphatic heterocycles.